The van der Waals surface area contributed by atoms with E-state index in [4.69, 9.17) is 4.74 Å². The summed E-state index contributed by atoms with van der Waals surface area (Å²) in [6, 6.07) is 7.84. The summed E-state index contributed by atoms with van der Waals surface area (Å²) in [6.07, 6.45) is 7.54. The molecule has 1 aliphatic rings. The molecule has 1 N–H and O–H groups in total. The van der Waals surface area contributed by atoms with Gasteiger partial charge in [-0.25, -0.2) is 9.97 Å². The van der Waals surface area contributed by atoms with Crippen molar-refractivity contribution in [2.45, 2.75) is 38.6 Å². The lowest BCUT2D eigenvalue weighted by Gasteiger charge is -2.35. The molecule has 1 aromatic heterocycles. The first kappa shape index (κ1) is 17.2. The molecule has 1 saturated heterocycles. The zero-order chi connectivity index (χ0) is 17.6. The van der Waals surface area contributed by atoms with Crippen molar-refractivity contribution in [2.24, 2.45) is 0 Å². The number of ether oxygens (including phenoxy) is 1. The number of carbonyl (C=O) groups excluding carboxylic acids is 1. The molecule has 25 heavy (non-hydrogen) atoms. The first-order valence-electron chi connectivity index (χ1n) is 8.75. The van der Waals surface area contributed by atoms with Gasteiger partial charge in [0.1, 0.15) is 5.75 Å². The van der Waals surface area contributed by atoms with Crippen molar-refractivity contribution >= 4 is 17.5 Å². The standard InChI is InChI=1S/C19H24N4O2/c1-3-16-6-4-5-11-23(16)18(24)14-12-20-19(21-13-14)22-15-7-9-17(25-2)10-8-15/h7-10,12-13,16H,3-6,11H2,1-2H3,(H,20,21,22). The predicted molar refractivity (Wildman–Crippen MR) is 97.3 cm³/mol. The van der Waals surface area contributed by atoms with Gasteiger partial charge in [-0.1, -0.05) is 6.92 Å². The lowest BCUT2D eigenvalue weighted by atomic mass is 9.99. The number of carbonyl (C=O) groups is 1. The molecule has 0 spiro atoms. The maximum Gasteiger partial charge on any atom is 0.257 e. The number of amides is 1. The molecule has 0 bridgehead atoms. The predicted octanol–water partition coefficient (Wildman–Crippen LogP) is 3.63. The summed E-state index contributed by atoms with van der Waals surface area (Å²) in [4.78, 5) is 23.3. The number of piperidine rings is 1. The molecule has 1 fully saturated rings. The van der Waals surface area contributed by atoms with Crippen LogP contribution in [0.15, 0.2) is 36.7 Å². The fourth-order valence-electron chi connectivity index (χ4n) is 3.16. The van der Waals surface area contributed by atoms with Gasteiger partial charge >= 0.3 is 0 Å². The minimum absolute atomic E-state index is 0.0301. The van der Waals surface area contributed by atoms with Gasteiger partial charge in [0.15, 0.2) is 0 Å². The van der Waals surface area contributed by atoms with E-state index in [0.717, 1.165) is 37.2 Å². The van der Waals surface area contributed by atoms with Crippen LogP contribution in [0.3, 0.4) is 0 Å². The number of benzene rings is 1. The van der Waals surface area contributed by atoms with Crippen molar-refractivity contribution in [1.29, 1.82) is 0 Å². The molecule has 0 saturated carbocycles. The molecular weight excluding hydrogens is 316 g/mol. The monoisotopic (exact) mass is 340 g/mol. The van der Waals surface area contributed by atoms with E-state index in [0.29, 0.717) is 17.6 Å². The summed E-state index contributed by atoms with van der Waals surface area (Å²) in [5, 5.41) is 3.12. The Labute approximate surface area is 148 Å². The van der Waals surface area contributed by atoms with E-state index < -0.39 is 0 Å². The van der Waals surface area contributed by atoms with E-state index in [2.05, 4.69) is 22.2 Å². The second-order valence-electron chi connectivity index (χ2n) is 6.21. The summed E-state index contributed by atoms with van der Waals surface area (Å²) >= 11 is 0. The zero-order valence-corrected chi connectivity index (χ0v) is 14.7. The Hall–Kier alpha value is -2.63. The van der Waals surface area contributed by atoms with Crippen molar-refractivity contribution in [3.8, 4) is 5.75 Å². The molecule has 3 rings (SSSR count). The van der Waals surface area contributed by atoms with Crippen molar-refractivity contribution in [1.82, 2.24) is 14.9 Å². The lowest BCUT2D eigenvalue weighted by Crippen LogP contribution is -2.43. The van der Waals surface area contributed by atoms with E-state index >= 15 is 0 Å². The number of methoxy groups -OCH3 is 1. The number of nitrogens with zero attached hydrogens (tertiary/aromatic N) is 3. The highest BCUT2D eigenvalue weighted by molar-refractivity contribution is 5.94. The highest BCUT2D eigenvalue weighted by Gasteiger charge is 2.26. The SMILES string of the molecule is CCC1CCCCN1C(=O)c1cnc(Nc2ccc(OC)cc2)nc1. The van der Waals surface area contributed by atoms with Gasteiger partial charge in [0.2, 0.25) is 5.95 Å². The molecule has 1 aromatic carbocycles. The summed E-state index contributed by atoms with van der Waals surface area (Å²) < 4.78 is 5.14. The van der Waals surface area contributed by atoms with Gasteiger partial charge in [-0.2, -0.15) is 0 Å². The Bertz CT molecular complexity index is 700. The van der Waals surface area contributed by atoms with Gasteiger partial charge in [0.25, 0.3) is 5.91 Å². The van der Waals surface area contributed by atoms with E-state index in [1.807, 2.05) is 29.2 Å². The van der Waals surface area contributed by atoms with Crippen LogP contribution in [0.25, 0.3) is 0 Å². The molecule has 2 aromatic rings. The normalized spacial score (nSPS) is 17.2. The minimum Gasteiger partial charge on any atom is -0.497 e. The van der Waals surface area contributed by atoms with Crippen molar-refractivity contribution in [2.75, 3.05) is 19.0 Å². The van der Waals surface area contributed by atoms with Gasteiger partial charge < -0.3 is 15.0 Å². The Morgan fingerprint density at radius 2 is 1.96 bits per heavy atom. The van der Waals surface area contributed by atoms with Gasteiger partial charge in [-0.15, -0.1) is 0 Å². The molecule has 1 aliphatic heterocycles. The number of nitrogens with one attached hydrogen (secondary N) is 1. The van der Waals surface area contributed by atoms with Crippen LogP contribution in [-0.2, 0) is 0 Å². The van der Waals surface area contributed by atoms with Crippen LogP contribution >= 0.6 is 0 Å². The van der Waals surface area contributed by atoms with Crippen molar-refractivity contribution in [3.05, 3.63) is 42.2 Å². The Balaban J connectivity index is 1.67. The average Bonchev–Trinajstić information content (AvgIpc) is 2.68. The maximum absolute atomic E-state index is 12.7. The molecule has 6 nitrogen and oxygen atoms in total. The number of hydrogen-bond acceptors (Lipinski definition) is 5. The second-order valence-corrected chi connectivity index (χ2v) is 6.21. The van der Waals surface area contributed by atoms with Gasteiger partial charge in [0.05, 0.1) is 12.7 Å². The van der Waals surface area contributed by atoms with Crippen LogP contribution in [0, 0.1) is 0 Å². The van der Waals surface area contributed by atoms with E-state index in [9.17, 15) is 4.79 Å². The number of anilines is 2. The van der Waals surface area contributed by atoms with E-state index in [1.165, 1.54) is 6.42 Å². The zero-order valence-electron chi connectivity index (χ0n) is 14.7. The molecule has 1 amide bonds. The Morgan fingerprint density at radius 1 is 1.24 bits per heavy atom. The molecule has 1 unspecified atom stereocenters. The number of likely N-dealkylation sites (tertiary alicyclic amines) is 1. The van der Waals surface area contributed by atoms with Crippen LogP contribution in [0.4, 0.5) is 11.6 Å². The molecule has 0 radical (unpaired) electrons. The topological polar surface area (TPSA) is 67.4 Å². The van der Waals surface area contributed by atoms with Crippen LogP contribution in [0.5, 0.6) is 5.75 Å². The highest BCUT2D eigenvalue weighted by atomic mass is 16.5. The number of hydrogen-bond donors (Lipinski definition) is 1. The molecule has 0 aliphatic carbocycles. The van der Waals surface area contributed by atoms with Crippen LogP contribution in [0.1, 0.15) is 43.0 Å². The highest BCUT2D eigenvalue weighted by Crippen LogP contribution is 2.22. The maximum atomic E-state index is 12.7. The van der Waals surface area contributed by atoms with E-state index in [1.54, 1.807) is 19.5 Å². The molecule has 6 heteroatoms. The van der Waals surface area contributed by atoms with Crippen LogP contribution in [0.2, 0.25) is 0 Å². The van der Waals surface area contributed by atoms with Crippen LogP contribution in [-0.4, -0.2) is 40.5 Å². The second kappa shape index (κ2) is 7.96. The van der Waals surface area contributed by atoms with Gasteiger partial charge in [-0.05, 0) is 49.9 Å². The van der Waals surface area contributed by atoms with Gasteiger partial charge in [-0.3, -0.25) is 4.79 Å². The summed E-state index contributed by atoms with van der Waals surface area (Å²) in [7, 11) is 1.63. The van der Waals surface area contributed by atoms with Crippen molar-refractivity contribution < 1.29 is 9.53 Å². The minimum atomic E-state index is 0.0301. The summed E-state index contributed by atoms with van der Waals surface area (Å²) in [6.45, 7) is 2.96. The third kappa shape index (κ3) is 4.07. The van der Waals surface area contributed by atoms with E-state index in [-0.39, 0.29) is 5.91 Å². The summed E-state index contributed by atoms with van der Waals surface area (Å²) in [5.41, 5.74) is 1.41. The fourth-order valence-corrected chi connectivity index (χ4v) is 3.16. The Morgan fingerprint density at radius 3 is 2.60 bits per heavy atom. The summed E-state index contributed by atoms with van der Waals surface area (Å²) in [5.74, 6) is 1.29. The first-order valence-corrected chi connectivity index (χ1v) is 8.75. The first-order chi connectivity index (χ1) is 12.2. The number of rotatable bonds is 5. The largest absolute Gasteiger partial charge is 0.497 e. The average molecular weight is 340 g/mol. The van der Waals surface area contributed by atoms with Crippen LogP contribution < -0.4 is 10.1 Å². The fraction of sp³-hybridized carbons (Fsp3) is 0.421. The smallest absolute Gasteiger partial charge is 0.257 e. The third-order valence-corrected chi connectivity index (χ3v) is 4.60. The third-order valence-electron chi connectivity index (χ3n) is 4.60. The van der Waals surface area contributed by atoms with Crippen molar-refractivity contribution in [3.63, 3.8) is 0 Å². The Kier molecular flexibility index (Phi) is 5.48. The quantitative estimate of drug-likeness (QED) is 0.900. The molecular formula is C19H24N4O2. The van der Waals surface area contributed by atoms with Gasteiger partial charge in [0, 0.05) is 30.7 Å². The molecule has 132 valence electrons. The lowest BCUT2D eigenvalue weighted by molar-refractivity contribution is 0.0607. The molecule has 1 atom stereocenters. The molecule has 2 heterocycles. The number of aromatic nitrogens is 2.